The number of hydrogen-bond acceptors (Lipinski definition) is 6. The number of nitrogens with one attached hydrogen (secondary N) is 1. The van der Waals surface area contributed by atoms with Crippen LogP contribution in [-0.2, 0) is 11.4 Å². The van der Waals surface area contributed by atoms with E-state index in [-0.39, 0.29) is 5.75 Å². The number of rotatable bonds is 9. The molecule has 0 saturated heterocycles. The minimum absolute atomic E-state index is 0.105. The van der Waals surface area contributed by atoms with Gasteiger partial charge in [0.2, 0.25) is 5.16 Å². The number of aliphatic carboxylic acids is 1. The Kier molecular flexibility index (Phi) is 6.18. The lowest BCUT2D eigenvalue weighted by molar-refractivity contribution is -0.133. The van der Waals surface area contributed by atoms with Gasteiger partial charge in [0.1, 0.15) is 18.1 Å². The molecular formula is C23H19N3O4S. The fourth-order valence-electron chi connectivity index (χ4n) is 2.82. The summed E-state index contributed by atoms with van der Waals surface area (Å²) in [6.45, 7) is 4.21. The van der Waals surface area contributed by atoms with Crippen molar-refractivity contribution in [2.75, 3.05) is 5.75 Å². The second kappa shape index (κ2) is 9.36. The van der Waals surface area contributed by atoms with Crippen LogP contribution in [0.3, 0.4) is 0 Å². The van der Waals surface area contributed by atoms with Crippen molar-refractivity contribution < 1.29 is 19.1 Å². The second-order valence-electron chi connectivity index (χ2n) is 6.58. The van der Waals surface area contributed by atoms with Gasteiger partial charge < -0.3 is 14.3 Å². The Balaban J connectivity index is 1.44. The van der Waals surface area contributed by atoms with E-state index >= 15 is 0 Å². The van der Waals surface area contributed by atoms with Crippen molar-refractivity contribution in [1.82, 2.24) is 15.2 Å². The van der Waals surface area contributed by atoms with Crippen molar-refractivity contribution in [3.63, 3.8) is 0 Å². The number of nitrogens with zero attached hydrogens (tertiary/aromatic N) is 2. The van der Waals surface area contributed by atoms with Crippen LogP contribution in [0.15, 0.2) is 76.8 Å². The average Bonchev–Trinajstić information content (AvgIpc) is 3.46. The first kappa shape index (κ1) is 20.5. The molecule has 0 aliphatic carbocycles. The molecule has 2 heterocycles. The Morgan fingerprint density at radius 1 is 1.16 bits per heavy atom. The molecule has 156 valence electrons. The molecule has 0 atom stereocenters. The number of benzene rings is 2. The van der Waals surface area contributed by atoms with Gasteiger partial charge in [-0.3, -0.25) is 9.89 Å². The number of hydrogen-bond donors (Lipinski definition) is 2. The Labute approximate surface area is 182 Å². The molecule has 0 unspecified atom stereocenters. The third kappa shape index (κ3) is 5.23. The van der Waals surface area contributed by atoms with E-state index in [0.29, 0.717) is 29.1 Å². The summed E-state index contributed by atoms with van der Waals surface area (Å²) in [5, 5.41) is 15.9. The largest absolute Gasteiger partial charge is 0.489 e. The highest BCUT2D eigenvalue weighted by Gasteiger charge is 2.13. The lowest BCUT2D eigenvalue weighted by Crippen LogP contribution is -1.97. The zero-order chi connectivity index (χ0) is 21.6. The molecule has 0 aliphatic heterocycles. The summed E-state index contributed by atoms with van der Waals surface area (Å²) in [7, 11) is 0. The number of H-pyrrole nitrogens is 1. The van der Waals surface area contributed by atoms with Crippen LogP contribution >= 0.6 is 11.8 Å². The molecule has 2 aromatic carbocycles. The number of carboxylic acids is 1. The van der Waals surface area contributed by atoms with E-state index in [0.717, 1.165) is 34.2 Å². The molecule has 0 fully saturated rings. The van der Waals surface area contributed by atoms with E-state index < -0.39 is 5.97 Å². The number of aromatic amines is 1. The Morgan fingerprint density at radius 2 is 1.97 bits per heavy atom. The van der Waals surface area contributed by atoms with Gasteiger partial charge in [-0.1, -0.05) is 60.8 Å². The van der Waals surface area contributed by atoms with Crippen LogP contribution in [0.25, 0.3) is 29.0 Å². The standard InChI is InChI=1S/C23H19N3O4S/c1-2-15-6-8-16(9-7-15)13-29-18-5-3-4-17(12-18)19-10-11-20(30-19)22-24-23(26-25-22)31-14-21(27)28/h2-12H,1,13-14H2,(H,27,28)(H,24,25,26). The van der Waals surface area contributed by atoms with E-state index in [1.165, 1.54) is 0 Å². The second-order valence-corrected chi connectivity index (χ2v) is 7.52. The summed E-state index contributed by atoms with van der Waals surface area (Å²) in [6.07, 6.45) is 1.81. The Bertz CT molecular complexity index is 1200. The number of carbonyl (C=O) groups is 1. The summed E-state index contributed by atoms with van der Waals surface area (Å²) < 4.78 is 11.8. The molecule has 0 aliphatic rings. The van der Waals surface area contributed by atoms with Gasteiger partial charge in [-0.25, -0.2) is 0 Å². The van der Waals surface area contributed by atoms with Gasteiger partial charge in [0.15, 0.2) is 11.6 Å². The van der Waals surface area contributed by atoms with Gasteiger partial charge in [0.25, 0.3) is 0 Å². The van der Waals surface area contributed by atoms with Crippen molar-refractivity contribution in [3.8, 4) is 28.7 Å². The van der Waals surface area contributed by atoms with E-state index in [9.17, 15) is 4.79 Å². The summed E-state index contributed by atoms with van der Waals surface area (Å²) in [6, 6.07) is 19.3. The van der Waals surface area contributed by atoms with Gasteiger partial charge in [-0.05, 0) is 35.4 Å². The van der Waals surface area contributed by atoms with Crippen molar-refractivity contribution >= 4 is 23.8 Å². The molecule has 0 radical (unpaired) electrons. The van der Waals surface area contributed by atoms with Gasteiger partial charge in [0.05, 0.1) is 5.75 Å². The van der Waals surface area contributed by atoms with E-state index in [1.807, 2.05) is 54.6 Å². The molecule has 0 amide bonds. The fourth-order valence-corrected chi connectivity index (χ4v) is 3.34. The first-order chi connectivity index (χ1) is 15.1. The molecule has 8 heteroatoms. The smallest absolute Gasteiger partial charge is 0.313 e. The third-order valence-corrected chi connectivity index (χ3v) is 5.20. The maximum atomic E-state index is 10.7. The molecule has 0 spiro atoms. The first-order valence-corrected chi connectivity index (χ1v) is 10.4. The summed E-state index contributed by atoms with van der Waals surface area (Å²) in [5.74, 6) is 1.31. The highest BCUT2D eigenvalue weighted by atomic mass is 32.2. The highest BCUT2D eigenvalue weighted by Crippen LogP contribution is 2.30. The van der Waals surface area contributed by atoms with Gasteiger partial charge in [-0.2, -0.15) is 4.98 Å². The molecule has 0 bridgehead atoms. The van der Waals surface area contributed by atoms with Crippen LogP contribution in [0.5, 0.6) is 5.75 Å². The quantitative estimate of drug-likeness (QED) is 0.353. The van der Waals surface area contributed by atoms with Gasteiger partial charge in [0, 0.05) is 5.56 Å². The summed E-state index contributed by atoms with van der Waals surface area (Å²) >= 11 is 1.04. The van der Waals surface area contributed by atoms with Crippen molar-refractivity contribution in [2.45, 2.75) is 11.8 Å². The Hall–Kier alpha value is -3.78. The van der Waals surface area contributed by atoms with Crippen LogP contribution < -0.4 is 4.74 Å². The third-order valence-electron chi connectivity index (χ3n) is 4.37. The number of aromatic nitrogens is 3. The number of furan rings is 1. The van der Waals surface area contributed by atoms with Crippen molar-refractivity contribution in [3.05, 3.63) is 78.4 Å². The van der Waals surface area contributed by atoms with Gasteiger partial charge in [-0.15, -0.1) is 5.10 Å². The van der Waals surface area contributed by atoms with Crippen LogP contribution in [0.2, 0.25) is 0 Å². The predicted octanol–water partition coefficient (Wildman–Crippen LogP) is 5.13. The molecule has 2 aromatic heterocycles. The predicted molar refractivity (Wildman–Crippen MR) is 119 cm³/mol. The maximum Gasteiger partial charge on any atom is 0.313 e. The van der Waals surface area contributed by atoms with Crippen LogP contribution in [0.1, 0.15) is 11.1 Å². The number of ether oxygens (including phenoxy) is 1. The molecule has 0 saturated carbocycles. The summed E-state index contributed by atoms with van der Waals surface area (Å²) in [5.41, 5.74) is 3.00. The average molecular weight is 433 g/mol. The normalized spacial score (nSPS) is 10.7. The minimum atomic E-state index is -0.924. The summed E-state index contributed by atoms with van der Waals surface area (Å²) in [4.78, 5) is 14.9. The van der Waals surface area contributed by atoms with E-state index in [4.69, 9.17) is 14.3 Å². The van der Waals surface area contributed by atoms with Crippen LogP contribution in [0, 0.1) is 0 Å². The SMILES string of the molecule is C=Cc1ccc(COc2cccc(-c3ccc(-c4nc(SCC(=O)O)n[nH]4)o3)c2)cc1. The first-order valence-electron chi connectivity index (χ1n) is 9.42. The topological polar surface area (TPSA) is 101 Å². The molecule has 7 nitrogen and oxygen atoms in total. The lowest BCUT2D eigenvalue weighted by atomic mass is 10.1. The monoisotopic (exact) mass is 433 g/mol. The molecule has 2 N–H and O–H groups in total. The van der Waals surface area contributed by atoms with Crippen LogP contribution in [-0.4, -0.2) is 32.0 Å². The molecular weight excluding hydrogens is 414 g/mol. The van der Waals surface area contributed by atoms with E-state index in [2.05, 4.69) is 21.8 Å². The molecule has 31 heavy (non-hydrogen) atoms. The van der Waals surface area contributed by atoms with E-state index in [1.54, 1.807) is 12.1 Å². The van der Waals surface area contributed by atoms with Crippen LogP contribution in [0.4, 0.5) is 0 Å². The molecule has 4 rings (SSSR count). The zero-order valence-electron chi connectivity index (χ0n) is 16.4. The Morgan fingerprint density at radius 3 is 2.74 bits per heavy atom. The number of carboxylic acid groups (broad SMARTS) is 1. The zero-order valence-corrected chi connectivity index (χ0v) is 17.3. The number of thioether (sulfide) groups is 1. The molecule has 4 aromatic rings. The van der Waals surface area contributed by atoms with Gasteiger partial charge >= 0.3 is 5.97 Å². The maximum absolute atomic E-state index is 10.7. The minimum Gasteiger partial charge on any atom is -0.489 e. The highest BCUT2D eigenvalue weighted by molar-refractivity contribution is 7.99. The lowest BCUT2D eigenvalue weighted by Gasteiger charge is -2.08. The van der Waals surface area contributed by atoms with Crippen molar-refractivity contribution in [1.29, 1.82) is 0 Å². The van der Waals surface area contributed by atoms with Crippen molar-refractivity contribution in [2.24, 2.45) is 0 Å². The fraction of sp³-hybridized carbons (Fsp3) is 0.0870.